The van der Waals surface area contributed by atoms with Crippen molar-refractivity contribution in [2.75, 3.05) is 5.75 Å². The quantitative estimate of drug-likeness (QED) is 0.846. The highest BCUT2D eigenvalue weighted by molar-refractivity contribution is 7.99. The first-order chi connectivity index (χ1) is 7.56. The predicted octanol–water partition coefficient (Wildman–Crippen LogP) is 3.05. The van der Waals surface area contributed by atoms with Crippen LogP contribution in [0.3, 0.4) is 0 Å². The number of thioether (sulfide) groups is 1. The molecule has 7 heteroatoms. The number of rotatable bonds is 3. The fraction of sp³-hybridized carbons (Fsp3) is 0.111. The monoisotopic (exact) mass is 276 g/mol. The Morgan fingerprint density at radius 1 is 1.44 bits per heavy atom. The lowest BCUT2D eigenvalue weighted by Crippen LogP contribution is -1.97. The first kappa shape index (κ1) is 11.6. The Morgan fingerprint density at radius 3 is 2.81 bits per heavy atom. The third-order valence-corrected chi connectivity index (χ3v) is 3.41. The number of carboxylic acid groups (broad SMARTS) is 1. The number of halogens is 2. The molecule has 0 saturated carbocycles. The minimum Gasteiger partial charge on any atom is -0.481 e. The summed E-state index contributed by atoms with van der Waals surface area (Å²) < 4.78 is 0. The van der Waals surface area contributed by atoms with E-state index in [1.54, 1.807) is 12.1 Å². The van der Waals surface area contributed by atoms with E-state index in [0.717, 1.165) is 17.3 Å². The number of aliphatic carboxylic acids is 1. The number of nitrogens with zero attached hydrogens (tertiary/aromatic N) is 1. The molecule has 0 bridgehead atoms. The number of carbonyl (C=O) groups is 1. The molecule has 2 aromatic rings. The molecule has 0 aliphatic rings. The van der Waals surface area contributed by atoms with Gasteiger partial charge in [-0.3, -0.25) is 4.79 Å². The van der Waals surface area contributed by atoms with Gasteiger partial charge in [-0.2, -0.15) is 0 Å². The van der Waals surface area contributed by atoms with Gasteiger partial charge < -0.3 is 10.1 Å². The van der Waals surface area contributed by atoms with Gasteiger partial charge in [0.1, 0.15) is 0 Å². The van der Waals surface area contributed by atoms with Gasteiger partial charge in [-0.25, -0.2) is 4.98 Å². The standard InChI is InChI=1S/C9H6Cl2N2O2S/c10-4-1-6-7(2-5(4)11)13-9(12-6)16-3-8(14)15/h1-2H,3H2,(H,12,13)(H,14,15). The van der Waals surface area contributed by atoms with Crippen LogP contribution in [0.15, 0.2) is 17.3 Å². The summed E-state index contributed by atoms with van der Waals surface area (Å²) in [5, 5.41) is 9.93. The van der Waals surface area contributed by atoms with Crippen LogP contribution in [0.25, 0.3) is 11.0 Å². The van der Waals surface area contributed by atoms with Crippen molar-refractivity contribution in [3.63, 3.8) is 0 Å². The molecule has 16 heavy (non-hydrogen) atoms. The number of benzene rings is 1. The number of nitrogens with one attached hydrogen (secondary N) is 1. The second-order valence-electron chi connectivity index (χ2n) is 3.01. The zero-order valence-corrected chi connectivity index (χ0v) is 10.2. The molecule has 0 aliphatic carbocycles. The summed E-state index contributed by atoms with van der Waals surface area (Å²) in [6.45, 7) is 0. The van der Waals surface area contributed by atoms with Gasteiger partial charge in [0.25, 0.3) is 0 Å². The van der Waals surface area contributed by atoms with Crippen LogP contribution in [-0.2, 0) is 4.79 Å². The maximum atomic E-state index is 10.4. The molecule has 84 valence electrons. The van der Waals surface area contributed by atoms with Gasteiger partial charge in [-0.15, -0.1) is 0 Å². The molecule has 0 saturated heterocycles. The zero-order valence-electron chi connectivity index (χ0n) is 7.83. The van der Waals surface area contributed by atoms with E-state index in [4.69, 9.17) is 28.3 Å². The molecule has 0 aliphatic heterocycles. The van der Waals surface area contributed by atoms with Gasteiger partial charge in [-0.1, -0.05) is 35.0 Å². The van der Waals surface area contributed by atoms with Crippen molar-refractivity contribution < 1.29 is 9.90 Å². The lowest BCUT2D eigenvalue weighted by atomic mass is 10.3. The maximum Gasteiger partial charge on any atom is 0.313 e. The van der Waals surface area contributed by atoms with Gasteiger partial charge in [0.2, 0.25) is 0 Å². The number of carboxylic acids is 1. The molecule has 0 amide bonds. The van der Waals surface area contributed by atoms with Crippen LogP contribution < -0.4 is 0 Å². The molecule has 0 spiro atoms. The van der Waals surface area contributed by atoms with Gasteiger partial charge in [0, 0.05) is 0 Å². The van der Waals surface area contributed by atoms with Crippen LogP contribution in [-0.4, -0.2) is 26.8 Å². The average Bonchev–Trinajstić information content (AvgIpc) is 2.58. The third-order valence-electron chi connectivity index (χ3n) is 1.83. The fourth-order valence-corrected chi connectivity index (χ4v) is 2.11. The summed E-state index contributed by atoms with van der Waals surface area (Å²) in [5.41, 5.74) is 1.41. The Hall–Kier alpha value is -0.910. The van der Waals surface area contributed by atoms with Gasteiger partial charge >= 0.3 is 5.97 Å². The molecule has 4 nitrogen and oxygen atoms in total. The third kappa shape index (κ3) is 2.42. The lowest BCUT2D eigenvalue weighted by Gasteiger charge is -1.93. The predicted molar refractivity (Wildman–Crippen MR) is 64.5 cm³/mol. The Morgan fingerprint density at radius 2 is 2.12 bits per heavy atom. The smallest absolute Gasteiger partial charge is 0.313 e. The highest BCUT2D eigenvalue weighted by Gasteiger charge is 2.08. The van der Waals surface area contributed by atoms with E-state index in [-0.39, 0.29) is 5.75 Å². The van der Waals surface area contributed by atoms with Crippen LogP contribution in [0.2, 0.25) is 10.0 Å². The molecule has 1 aromatic carbocycles. The second-order valence-corrected chi connectivity index (χ2v) is 4.79. The molecule has 0 fully saturated rings. The Kier molecular flexibility index (Phi) is 3.28. The van der Waals surface area contributed by atoms with E-state index in [1.807, 2.05) is 0 Å². The molecular weight excluding hydrogens is 271 g/mol. The summed E-state index contributed by atoms with van der Waals surface area (Å²) in [4.78, 5) is 17.5. The van der Waals surface area contributed by atoms with Crippen LogP contribution in [0, 0.1) is 0 Å². The SMILES string of the molecule is O=C(O)CSc1nc2cc(Cl)c(Cl)cc2[nH]1. The molecule has 0 radical (unpaired) electrons. The van der Waals surface area contributed by atoms with E-state index in [1.165, 1.54) is 0 Å². The van der Waals surface area contributed by atoms with Gasteiger partial charge in [0.15, 0.2) is 5.16 Å². The summed E-state index contributed by atoms with van der Waals surface area (Å²) in [5.74, 6) is -0.928. The fourth-order valence-electron chi connectivity index (χ4n) is 1.18. The van der Waals surface area contributed by atoms with E-state index in [2.05, 4.69) is 9.97 Å². The van der Waals surface area contributed by atoms with E-state index >= 15 is 0 Å². The Bertz CT molecular complexity index is 517. The van der Waals surface area contributed by atoms with Crippen LogP contribution in [0.5, 0.6) is 0 Å². The van der Waals surface area contributed by atoms with E-state index in [9.17, 15) is 4.79 Å². The topological polar surface area (TPSA) is 66.0 Å². The summed E-state index contributed by atoms with van der Waals surface area (Å²) >= 11 is 12.8. The minimum absolute atomic E-state index is 0.0404. The summed E-state index contributed by atoms with van der Waals surface area (Å²) in [6.07, 6.45) is 0. The van der Waals surface area contributed by atoms with Crippen molar-refractivity contribution in [1.29, 1.82) is 0 Å². The number of H-pyrrole nitrogens is 1. The maximum absolute atomic E-state index is 10.4. The number of hydrogen-bond acceptors (Lipinski definition) is 3. The molecule has 0 unspecified atom stereocenters. The number of hydrogen-bond donors (Lipinski definition) is 2. The first-order valence-electron chi connectivity index (χ1n) is 4.25. The van der Waals surface area contributed by atoms with Gasteiger partial charge in [0.05, 0.1) is 26.8 Å². The van der Waals surface area contributed by atoms with Crippen molar-refractivity contribution in [1.82, 2.24) is 9.97 Å². The molecule has 0 atom stereocenters. The number of fused-ring (bicyclic) bond motifs is 1. The summed E-state index contributed by atoms with van der Waals surface area (Å²) in [7, 11) is 0. The van der Waals surface area contributed by atoms with E-state index in [0.29, 0.717) is 20.7 Å². The van der Waals surface area contributed by atoms with Crippen molar-refractivity contribution >= 4 is 52.0 Å². The lowest BCUT2D eigenvalue weighted by molar-refractivity contribution is -0.133. The number of aromatic amines is 1. The Balaban J connectivity index is 2.33. The normalized spacial score (nSPS) is 10.9. The van der Waals surface area contributed by atoms with Crippen LogP contribution in [0.4, 0.5) is 0 Å². The van der Waals surface area contributed by atoms with Crippen molar-refractivity contribution in [3.8, 4) is 0 Å². The second kappa shape index (κ2) is 4.53. The van der Waals surface area contributed by atoms with Crippen molar-refractivity contribution in [2.45, 2.75) is 5.16 Å². The van der Waals surface area contributed by atoms with Gasteiger partial charge in [-0.05, 0) is 12.1 Å². The van der Waals surface area contributed by atoms with Crippen LogP contribution >= 0.6 is 35.0 Å². The number of imidazole rings is 1. The van der Waals surface area contributed by atoms with Crippen molar-refractivity contribution in [3.05, 3.63) is 22.2 Å². The molecular formula is C9H6Cl2N2O2S. The zero-order chi connectivity index (χ0) is 11.7. The summed E-state index contributed by atoms with van der Waals surface area (Å²) in [6, 6.07) is 3.30. The van der Waals surface area contributed by atoms with Crippen LogP contribution in [0.1, 0.15) is 0 Å². The minimum atomic E-state index is -0.887. The first-order valence-corrected chi connectivity index (χ1v) is 6.00. The van der Waals surface area contributed by atoms with E-state index < -0.39 is 5.97 Å². The average molecular weight is 277 g/mol. The highest BCUT2D eigenvalue weighted by atomic mass is 35.5. The molecule has 1 heterocycles. The highest BCUT2D eigenvalue weighted by Crippen LogP contribution is 2.28. The number of aromatic nitrogens is 2. The molecule has 2 rings (SSSR count). The molecule has 1 aromatic heterocycles. The Labute approximate surface area is 105 Å². The largest absolute Gasteiger partial charge is 0.481 e. The molecule has 2 N–H and O–H groups in total. The van der Waals surface area contributed by atoms with Crippen molar-refractivity contribution in [2.24, 2.45) is 0 Å².